The number of hydrogen-bond acceptors (Lipinski definition) is 29. The van der Waals surface area contributed by atoms with Gasteiger partial charge < -0.3 is 78.0 Å². The van der Waals surface area contributed by atoms with Gasteiger partial charge in [-0.1, -0.05) is 97.8 Å². The van der Waals surface area contributed by atoms with Crippen LogP contribution in [0.2, 0.25) is 0 Å². The Kier molecular flexibility index (Phi) is 30.7. The highest BCUT2D eigenvalue weighted by Crippen LogP contribution is 2.38. The van der Waals surface area contributed by atoms with Gasteiger partial charge in [0.05, 0.1) is 50.4 Å². The van der Waals surface area contributed by atoms with Crippen molar-refractivity contribution in [2.45, 2.75) is 97.2 Å². The third kappa shape index (κ3) is 24.3. The summed E-state index contributed by atoms with van der Waals surface area (Å²) in [6.45, 7) is 9.49. The topological polar surface area (TPSA) is 550 Å². The van der Waals surface area contributed by atoms with Crippen LogP contribution in [0.3, 0.4) is 0 Å². The molecule has 3 aliphatic rings. The normalized spacial score (nSPS) is 13.0. The fraction of sp³-hybridized carbons (Fsp3) is 0.145. The average molecular weight is 1990 g/mol. The highest BCUT2D eigenvalue weighted by atomic mass is 19.1. The van der Waals surface area contributed by atoms with E-state index in [9.17, 15) is 18.8 Å². The van der Waals surface area contributed by atoms with Gasteiger partial charge in [0.1, 0.15) is 90.5 Å². The number of aryl methyl sites for hydroxylation is 4. The van der Waals surface area contributed by atoms with Crippen LogP contribution in [0.15, 0.2) is 311 Å². The van der Waals surface area contributed by atoms with E-state index in [0.717, 1.165) is 217 Å². The summed E-state index contributed by atoms with van der Waals surface area (Å²) in [6, 6.07) is 84.7. The summed E-state index contributed by atoms with van der Waals surface area (Å²) in [5, 5.41) is 14.2. The van der Waals surface area contributed by atoms with Crippen molar-refractivity contribution in [3.8, 4) is 78.0 Å². The minimum Gasteiger partial charge on any atom is -0.399 e. The number of fused-ring (bicyclic) bond motifs is 7. The SMILES string of the molecule is Cc1ccc(C(=O)NC2CC2)cc1-c1ccc2ncnc(N)c2c1.Cc1ccc(C(=O)NC2CCCC2)cc1-c1ccc2ncnc(N)c2c1.Cc1ccc(C(=O)NC[C@@H]2CCCO2)cc1-c1ccc2ncnc(N)c2c1.Cc1ccc(N)cc1-c1ccc2ncnc(N)c2c1.Nc1ccc(-c2ccc3ncnc(N)c3c2)cc1.Nc1cccc(-c2ccc3ncnc(N)c3c2)c1.Nc1ncnc2ccc(-c3ccc(F)cc3)nc12. The van der Waals surface area contributed by atoms with Gasteiger partial charge in [0.2, 0.25) is 0 Å². The van der Waals surface area contributed by atoms with Crippen molar-refractivity contribution in [2.75, 3.05) is 70.5 Å². The minimum atomic E-state index is -0.276. The molecule has 1 saturated heterocycles. The van der Waals surface area contributed by atoms with E-state index in [4.69, 9.17) is 62.1 Å². The molecule has 1 atom stereocenters. The fourth-order valence-electron chi connectivity index (χ4n) is 17.7. The van der Waals surface area contributed by atoms with Crippen LogP contribution >= 0.6 is 0 Å². The molecule has 9 heterocycles. The summed E-state index contributed by atoms with van der Waals surface area (Å²) in [4.78, 5) is 99.3. The van der Waals surface area contributed by atoms with Crippen LogP contribution in [0.5, 0.6) is 0 Å². The van der Waals surface area contributed by atoms with Crippen molar-refractivity contribution >= 4 is 152 Å². The summed E-state index contributed by atoms with van der Waals surface area (Å²) in [6.07, 6.45) is 19.1. The highest BCUT2D eigenvalue weighted by molar-refractivity contribution is 6.02. The monoisotopic (exact) mass is 1990 g/mol. The number of pyridine rings is 1. The summed E-state index contributed by atoms with van der Waals surface area (Å²) in [5.41, 5.74) is 87.6. The van der Waals surface area contributed by atoms with Gasteiger partial charge in [-0.2, -0.15) is 0 Å². The lowest BCUT2D eigenvalue weighted by atomic mass is 9.96. The second-order valence-electron chi connectivity index (χ2n) is 36.7. The fourth-order valence-corrected chi connectivity index (χ4v) is 17.7. The molecule has 1 aliphatic heterocycles. The molecule has 0 spiro atoms. The van der Waals surface area contributed by atoms with Crippen LogP contribution in [0.1, 0.15) is 105 Å². The van der Waals surface area contributed by atoms with E-state index in [1.807, 2.05) is 263 Å². The Balaban J connectivity index is 0.000000115. The molecule has 0 bridgehead atoms. The third-order valence-corrected chi connectivity index (χ3v) is 26.2. The van der Waals surface area contributed by atoms with Crippen LogP contribution in [0.4, 0.5) is 62.2 Å². The molecule has 33 heteroatoms. The number of ether oxygens (including phenoxy) is 1. The van der Waals surface area contributed by atoms with E-state index < -0.39 is 0 Å². The number of rotatable bonds is 14. The number of carbonyl (C=O) groups excluding carboxylic acids is 3. The van der Waals surface area contributed by atoms with Crippen LogP contribution in [0, 0.1) is 33.5 Å². The van der Waals surface area contributed by atoms with Gasteiger partial charge in [-0.05, 0) is 337 Å². The molecule has 24 rings (SSSR count). The Morgan fingerprint density at radius 1 is 0.293 bits per heavy atom. The van der Waals surface area contributed by atoms with Gasteiger partial charge in [0.15, 0.2) is 5.82 Å². The molecule has 2 saturated carbocycles. The second-order valence-corrected chi connectivity index (χ2v) is 36.7. The van der Waals surface area contributed by atoms with Gasteiger partial charge >= 0.3 is 0 Å². The summed E-state index contributed by atoms with van der Waals surface area (Å²) in [7, 11) is 0. The molecular formula is C117H109FN28O4. The predicted molar refractivity (Wildman–Crippen MR) is 597 cm³/mol. The maximum Gasteiger partial charge on any atom is 0.251 e. The number of nitrogens with zero attached hydrogens (tertiary/aromatic N) is 15. The molecule has 32 nitrogen and oxygen atoms in total. The van der Waals surface area contributed by atoms with E-state index in [1.165, 1.54) is 74.8 Å². The molecule has 13 aromatic carbocycles. The number of benzene rings is 13. The van der Waals surface area contributed by atoms with Gasteiger partial charge in [0, 0.05) is 96.9 Å². The van der Waals surface area contributed by atoms with Crippen molar-refractivity contribution in [2.24, 2.45) is 0 Å². The lowest BCUT2D eigenvalue weighted by Crippen LogP contribution is -2.32. The van der Waals surface area contributed by atoms with Gasteiger partial charge in [0.25, 0.3) is 17.7 Å². The van der Waals surface area contributed by atoms with Crippen LogP contribution < -0.4 is 73.3 Å². The zero-order valence-corrected chi connectivity index (χ0v) is 82.7. The minimum absolute atomic E-state index is 0.00165. The smallest absolute Gasteiger partial charge is 0.251 e. The number of nitrogen functional groups attached to an aromatic ring is 10. The molecule has 8 aromatic heterocycles. The molecule has 2 aliphatic carbocycles. The number of aromatic nitrogens is 15. The zero-order valence-electron chi connectivity index (χ0n) is 82.7. The lowest BCUT2D eigenvalue weighted by Gasteiger charge is -2.14. The summed E-state index contributed by atoms with van der Waals surface area (Å²) in [5.74, 6) is 2.82. The molecule has 23 N–H and O–H groups in total. The van der Waals surface area contributed by atoms with E-state index in [0.29, 0.717) is 92.8 Å². The Labute approximate surface area is 862 Å². The molecule has 748 valence electrons. The first-order valence-corrected chi connectivity index (χ1v) is 48.8. The quantitative estimate of drug-likeness (QED) is 0.0450. The van der Waals surface area contributed by atoms with E-state index >= 15 is 0 Å². The van der Waals surface area contributed by atoms with E-state index in [2.05, 4.69) is 97.6 Å². The number of halogens is 1. The van der Waals surface area contributed by atoms with E-state index in [1.54, 1.807) is 12.1 Å². The summed E-state index contributed by atoms with van der Waals surface area (Å²) >= 11 is 0. The highest BCUT2D eigenvalue weighted by Gasteiger charge is 2.26. The Hall–Kier alpha value is -19.3. The molecule has 0 unspecified atom stereocenters. The van der Waals surface area contributed by atoms with Crippen molar-refractivity contribution in [3.05, 3.63) is 356 Å². The molecular weight excluding hydrogens is 1880 g/mol. The number of hydrogen-bond donors (Lipinski definition) is 13. The average Bonchev–Trinajstić information content (AvgIpc) is 0.996. The van der Waals surface area contributed by atoms with Gasteiger partial charge in [-0.25, -0.2) is 79.2 Å². The van der Waals surface area contributed by atoms with Gasteiger partial charge in [-0.3, -0.25) is 14.4 Å². The van der Waals surface area contributed by atoms with Crippen LogP contribution in [0.25, 0.3) is 154 Å². The number of amides is 3. The third-order valence-electron chi connectivity index (χ3n) is 26.2. The Bertz CT molecular complexity index is 8480. The maximum absolute atomic E-state index is 12.9. The maximum atomic E-state index is 12.9. The number of nitrogens with two attached hydrogens (primary N) is 10. The van der Waals surface area contributed by atoms with E-state index in [-0.39, 0.29) is 29.6 Å². The number of anilines is 10. The first kappa shape index (κ1) is 101. The van der Waals surface area contributed by atoms with Crippen molar-refractivity contribution < 1.29 is 23.5 Å². The second kappa shape index (κ2) is 45.7. The predicted octanol–water partition coefficient (Wildman–Crippen LogP) is 20.1. The Morgan fingerprint density at radius 2 is 0.620 bits per heavy atom. The van der Waals surface area contributed by atoms with Crippen LogP contribution in [-0.2, 0) is 4.74 Å². The first-order chi connectivity index (χ1) is 72.7. The largest absolute Gasteiger partial charge is 0.399 e. The van der Waals surface area contributed by atoms with Crippen molar-refractivity contribution in [1.29, 1.82) is 0 Å². The Morgan fingerprint density at radius 3 is 1.02 bits per heavy atom. The zero-order chi connectivity index (χ0) is 105. The molecule has 150 heavy (non-hydrogen) atoms. The van der Waals surface area contributed by atoms with Crippen LogP contribution in [-0.4, -0.2) is 124 Å². The molecule has 3 fully saturated rings. The molecule has 0 radical (unpaired) electrons. The van der Waals surface area contributed by atoms with Crippen molar-refractivity contribution in [3.63, 3.8) is 0 Å². The molecule has 3 amide bonds. The lowest BCUT2D eigenvalue weighted by molar-refractivity contribution is 0.0857. The number of carbonyl (C=O) groups is 3. The van der Waals surface area contributed by atoms with Crippen molar-refractivity contribution in [1.82, 2.24) is 90.7 Å². The van der Waals surface area contributed by atoms with Gasteiger partial charge in [-0.15, -0.1) is 0 Å². The number of nitrogens with one attached hydrogen (secondary N) is 3. The standard InChI is InChI=1S/C21H22N4O2.C21H22N4O.C19H18N4O.C15H14N4.2C14H12N4.C13H9FN4/c1-13-4-5-15(21(26)23-11-16-3-2-8-27-16)10-17(13)14-6-7-19-18(9-14)20(22)25-12-24-19;1-13-6-7-15(21(26)25-16-4-2-3-5-16)11-17(13)14-8-9-19-18(10-14)20(22)24-12-23-19;1-11-2-3-13(19(24)23-14-5-6-14)9-15(11)12-4-7-17-16(8-12)18(20)22-10-21-17;1-9-2-4-11(16)7-12(9)10-3-5-14-13(6-10)15(17)19-8-18-14;15-11-4-1-9(2-5-11)10-3-6-13-12(7-10)14(16)18-8-17-13;15-11-3-1-2-9(6-11)10-4-5-13-12(7-10)14(16)18-8-17-13;14-9-3-1-8(2-4-9)10-5-6-11-12(18-10)13(15)17-7-16-11/h4-7,9-10,12,16H,2-3,8,11H2,1H3,(H,23,26)(H2,22,24,25);6-12,16H,2-5H2,1H3,(H,25,26)(H2,22,23,24);2-4,7-10,14H,5-6H2,1H3,(H,23,24)(H2,20,21,22);2-8H,16H2,1H3,(H2,17,18,19);2*1-8H,15H2,(H2,16,17,18);1-7H,(H2,15,16,17)/t16-;;;;;;/m0....../s1. The first-order valence-electron chi connectivity index (χ1n) is 48.8. The molecule has 21 aromatic rings. The summed E-state index contributed by atoms with van der Waals surface area (Å²) < 4.78 is 18.4.